The summed E-state index contributed by atoms with van der Waals surface area (Å²) >= 11 is 12.9. The molecular formula is C16H8Cl2N4OS. The van der Waals surface area contributed by atoms with Crippen LogP contribution in [0, 0.1) is 11.3 Å². The van der Waals surface area contributed by atoms with Gasteiger partial charge >= 0.3 is 0 Å². The van der Waals surface area contributed by atoms with Gasteiger partial charge in [0.2, 0.25) is 0 Å². The van der Waals surface area contributed by atoms with Crippen LogP contribution in [0.3, 0.4) is 0 Å². The van der Waals surface area contributed by atoms with Crippen molar-refractivity contribution in [3.63, 3.8) is 0 Å². The van der Waals surface area contributed by atoms with Crippen LogP contribution in [0.5, 0.6) is 0 Å². The summed E-state index contributed by atoms with van der Waals surface area (Å²) in [6.07, 6.45) is 1.37. The molecular weight excluding hydrogens is 367 g/mol. The van der Waals surface area contributed by atoms with Gasteiger partial charge in [0, 0.05) is 11.8 Å². The van der Waals surface area contributed by atoms with Gasteiger partial charge in [-0.15, -0.1) is 0 Å². The molecule has 1 N–H and O–H groups in total. The zero-order valence-electron chi connectivity index (χ0n) is 12.0. The number of pyridine rings is 1. The zero-order chi connectivity index (χ0) is 17.1. The van der Waals surface area contributed by atoms with Gasteiger partial charge in [-0.3, -0.25) is 10.1 Å². The molecule has 24 heavy (non-hydrogen) atoms. The number of thiazole rings is 1. The maximum atomic E-state index is 12.2. The second kappa shape index (κ2) is 6.97. The van der Waals surface area contributed by atoms with Crippen LogP contribution in [-0.4, -0.2) is 15.9 Å². The lowest BCUT2D eigenvalue weighted by atomic mass is 10.1. The first-order valence-electron chi connectivity index (χ1n) is 6.67. The third kappa shape index (κ3) is 3.39. The lowest BCUT2D eigenvalue weighted by Gasteiger charge is -2.01. The standard InChI is InChI=1S/C16H8Cl2N4OS/c17-11-4-2-1-3-10(11)14-12(7-19)24-16(21-14)22-15(23)9-5-6-13(18)20-8-9/h1-6,8H,(H,21,22,23). The normalized spacial score (nSPS) is 10.2. The SMILES string of the molecule is N#Cc1sc(NC(=O)c2ccc(Cl)nc2)nc1-c1ccccc1Cl. The van der Waals surface area contributed by atoms with E-state index < -0.39 is 0 Å². The van der Waals surface area contributed by atoms with Gasteiger partial charge in [0.15, 0.2) is 5.13 Å². The summed E-state index contributed by atoms with van der Waals surface area (Å²) < 4.78 is 0. The van der Waals surface area contributed by atoms with E-state index in [1.54, 1.807) is 30.3 Å². The van der Waals surface area contributed by atoms with Gasteiger partial charge in [0.05, 0.1) is 10.6 Å². The van der Waals surface area contributed by atoms with E-state index in [9.17, 15) is 10.1 Å². The number of amides is 1. The van der Waals surface area contributed by atoms with Crippen molar-refractivity contribution < 1.29 is 4.79 Å². The van der Waals surface area contributed by atoms with E-state index in [4.69, 9.17) is 23.2 Å². The second-order valence-corrected chi connectivity index (χ2v) is 6.41. The number of halogens is 2. The molecule has 3 rings (SSSR count). The van der Waals surface area contributed by atoms with Crippen LogP contribution in [-0.2, 0) is 0 Å². The van der Waals surface area contributed by atoms with Crippen molar-refractivity contribution in [2.45, 2.75) is 0 Å². The first-order chi connectivity index (χ1) is 11.6. The summed E-state index contributed by atoms with van der Waals surface area (Å²) in [7, 11) is 0. The molecule has 0 atom stereocenters. The van der Waals surface area contributed by atoms with E-state index in [1.807, 2.05) is 0 Å². The van der Waals surface area contributed by atoms with Crippen molar-refractivity contribution in [3.05, 3.63) is 63.2 Å². The zero-order valence-corrected chi connectivity index (χ0v) is 14.3. The van der Waals surface area contributed by atoms with Crippen LogP contribution in [0.1, 0.15) is 15.2 Å². The predicted octanol–water partition coefficient (Wildman–Crippen LogP) is 4.64. The van der Waals surface area contributed by atoms with E-state index in [-0.39, 0.29) is 5.91 Å². The molecule has 118 valence electrons. The van der Waals surface area contributed by atoms with E-state index in [1.165, 1.54) is 12.3 Å². The monoisotopic (exact) mass is 374 g/mol. The molecule has 0 saturated heterocycles. The topological polar surface area (TPSA) is 78.7 Å². The number of nitrogens with zero attached hydrogens (tertiary/aromatic N) is 3. The Balaban J connectivity index is 1.91. The molecule has 2 aromatic heterocycles. The number of nitrogens with one attached hydrogen (secondary N) is 1. The number of nitriles is 1. The van der Waals surface area contributed by atoms with Crippen LogP contribution in [0.2, 0.25) is 10.2 Å². The summed E-state index contributed by atoms with van der Waals surface area (Å²) in [5, 5.41) is 13.1. The van der Waals surface area contributed by atoms with Crippen molar-refractivity contribution in [1.29, 1.82) is 5.26 Å². The molecule has 0 aliphatic heterocycles. The quantitative estimate of drug-likeness (QED) is 0.677. The van der Waals surface area contributed by atoms with E-state index in [2.05, 4.69) is 21.4 Å². The summed E-state index contributed by atoms with van der Waals surface area (Å²) in [5.41, 5.74) is 1.42. The molecule has 1 amide bonds. The Hall–Kier alpha value is -2.46. The van der Waals surface area contributed by atoms with Crippen LogP contribution < -0.4 is 5.32 Å². The molecule has 0 saturated carbocycles. The minimum Gasteiger partial charge on any atom is -0.298 e. The summed E-state index contributed by atoms with van der Waals surface area (Å²) in [5.74, 6) is -0.386. The highest BCUT2D eigenvalue weighted by atomic mass is 35.5. The highest BCUT2D eigenvalue weighted by Gasteiger charge is 2.17. The minimum absolute atomic E-state index is 0.300. The number of aromatic nitrogens is 2. The van der Waals surface area contributed by atoms with E-state index in [0.717, 1.165) is 11.3 Å². The Morgan fingerprint density at radius 3 is 2.67 bits per heavy atom. The third-order valence-electron chi connectivity index (χ3n) is 3.07. The number of carbonyl (C=O) groups excluding carboxylic acids is 1. The lowest BCUT2D eigenvalue weighted by Crippen LogP contribution is -2.11. The first-order valence-corrected chi connectivity index (χ1v) is 8.24. The van der Waals surface area contributed by atoms with Crippen molar-refractivity contribution >= 4 is 45.6 Å². The van der Waals surface area contributed by atoms with E-state index >= 15 is 0 Å². The fourth-order valence-electron chi connectivity index (χ4n) is 1.96. The Morgan fingerprint density at radius 1 is 1.21 bits per heavy atom. The Bertz CT molecular complexity index is 947. The Labute approximate surface area is 151 Å². The van der Waals surface area contributed by atoms with Crippen molar-refractivity contribution in [3.8, 4) is 17.3 Å². The first kappa shape index (κ1) is 16.4. The van der Waals surface area contributed by atoms with Crippen LogP contribution in [0.25, 0.3) is 11.3 Å². The predicted molar refractivity (Wildman–Crippen MR) is 94.5 cm³/mol. The van der Waals surface area contributed by atoms with Gasteiger partial charge in [-0.2, -0.15) is 5.26 Å². The maximum Gasteiger partial charge on any atom is 0.259 e. The molecule has 8 heteroatoms. The smallest absolute Gasteiger partial charge is 0.259 e. The second-order valence-electron chi connectivity index (χ2n) is 4.61. The molecule has 2 heterocycles. The molecule has 0 fully saturated rings. The van der Waals surface area contributed by atoms with Crippen LogP contribution in [0.15, 0.2) is 42.6 Å². The van der Waals surface area contributed by atoms with Crippen molar-refractivity contribution in [2.24, 2.45) is 0 Å². The van der Waals surface area contributed by atoms with Crippen molar-refractivity contribution in [1.82, 2.24) is 9.97 Å². The fourth-order valence-corrected chi connectivity index (χ4v) is 3.07. The largest absolute Gasteiger partial charge is 0.298 e. The minimum atomic E-state index is -0.386. The fraction of sp³-hybridized carbons (Fsp3) is 0. The van der Waals surface area contributed by atoms with Crippen LogP contribution in [0.4, 0.5) is 5.13 Å². The number of hydrogen-bond donors (Lipinski definition) is 1. The molecule has 1 aromatic carbocycles. The number of rotatable bonds is 3. The Kier molecular flexibility index (Phi) is 4.76. The van der Waals surface area contributed by atoms with Gasteiger partial charge in [-0.25, -0.2) is 9.97 Å². The average molecular weight is 375 g/mol. The number of hydrogen-bond acceptors (Lipinski definition) is 5. The molecule has 0 unspecified atom stereocenters. The lowest BCUT2D eigenvalue weighted by molar-refractivity contribution is 0.102. The number of carbonyl (C=O) groups is 1. The van der Waals surface area contributed by atoms with Crippen LogP contribution >= 0.6 is 34.5 Å². The molecule has 0 aliphatic rings. The third-order valence-corrected chi connectivity index (χ3v) is 4.50. The maximum absolute atomic E-state index is 12.2. The molecule has 3 aromatic rings. The van der Waals surface area contributed by atoms with Gasteiger partial charge in [-0.05, 0) is 18.2 Å². The highest BCUT2D eigenvalue weighted by molar-refractivity contribution is 7.16. The van der Waals surface area contributed by atoms with Gasteiger partial charge in [0.1, 0.15) is 21.8 Å². The molecule has 0 spiro atoms. The number of anilines is 1. The van der Waals surface area contributed by atoms with E-state index in [0.29, 0.717) is 37.0 Å². The molecule has 5 nitrogen and oxygen atoms in total. The number of benzene rings is 1. The molecule has 0 radical (unpaired) electrons. The Morgan fingerprint density at radius 2 is 2.00 bits per heavy atom. The summed E-state index contributed by atoms with van der Waals surface area (Å²) in [6.45, 7) is 0. The average Bonchev–Trinajstić information content (AvgIpc) is 2.98. The molecule has 0 aliphatic carbocycles. The highest BCUT2D eigenvalue weighted by Crippen LogP contribution is 2.34. The van der Waals surface area contributed by atoms with Gasteiger partial charge < -0.3 is 0 Å². The van der Waals surface area contributed by atoms with Crippen molar-refractivity contribution in [2.75, 3.05) is 5.32 Å². The van der Waals surface area contributed by atoms with Gasteiger partial charge in [-0.1, -0.05) is 52.7 Å². The molecule has 0 bridgehead atoms. The van der Waals surface area contributed by atoms with Gasteiger partial charge in [0.25, 0.3) is 5.91 Å². The summed E-state index contributed by atoms with van der Waals surface area (Å²) in [4.78, 5) is 20.8. The summed E-state index contributed by atoms with van der Waals surface area (Å²) in [6, 6.07) is 12.2.